The fourth-order valence-corrected chi connectivity index (χ4v) is 3.81. The predicted molar refractivity (Wildman–Crippen MR) is 102 cm³/mol. The van der Waals surface area contributed by atoms with Gasteiger partial charge in [-0.1, -0.05) is 29.8 Å². The van der Waals surface area contributed by atoms with Crippen LogP contribution in [-0.2, 0) is 4.74 Å². The molecule has 1 saturated heterocycles. The normalized spacial score (nSPS) is 20.9. The summed E-state index contributed by atoms with van der Waals surface area (Å²) in [6.45, 7) is 8.30. The average Bonchev–Trinajstić information content (AvgIpc) is 3.04. The van der Waals surface area contributed by atoms with Crippen LogP contribution in [0.15, 0.2) is 30.5 Å². The standard InChI is InChI=1S/C21H27N3O3/c1-14-5-7-15(8-6-14)16-12-24(26)18(22-16)17-11-21(9-10-21)13-23(17)19(25)27-20(2,3)4/h5-8,12,17,26H,9-11,13H2,1-4H3/t17-/m0/s1. The molecule has 1 atom stereocenters. The highest BCUT2D eigenvalue weighted by Gasteiger charge is 2.55. The van der Waals surface area contributed by atoms with Gasteiger partial charge in [-0.15, -0.1) is 0 Å². The molecule has 6 nitrogen and oxygen atoms in total. The van der Waals surface area contributed by atoms with Crippen LogP contribution in [0.5, 0.6) is 0 Å². The maximum Gasteiger partial charge on any atom is 0.410 e. The average molecular weight is 369 g/mol. The monoisotopic (exact) mass is 369 g/mol. The van der Waals surface area contributed by atoms with E-state index >= 15 is 0 Å². The Morgan fingerprint density at radius 3 is 2.52 bits per heavy atom. The number of carbonyl (C=O) groups is 1. The van der Waals surface area contributed by atoms with E-state index in [0.29, 0.717) is 18.1 Å². The largest absolute Gasteiger partial charge is 0.444 e. The third kappa shape index (κ3) is 3.53. The Balaban J connectivity index is 1.64. The maximum absolute atomic E-state index is 12.8. The first-order valence-corrected chi connectivity index (χ1v) is 9.51. The van der Waals surface area contributed by atoms with Gasteiger partial charge >= 0.3 is 6.09 Å². The molecule has 1 aliphatic heterocycles. The SMILES string of the molecule is Cc1ccc(-c2cn(O)c([C@@H]3CC4(CC4)CN3C(=O)OC(C)(C)C)n2)cc1. The summed E-state index contributed by atoms with van der Waals surface area (Å²) in [6, 6.07) is 7.75. The van der Waals surface area contributed by atoms with Gasteiger partial charge in [-0.3, -0.25) is 4.90 Å². The Labute approximate surface area is 159 Å². The van der Waals surface area contributed by atoms with Crippen LogP contribution in [0.25, 0.3) is 11.3 Å². The second-order valence-electron chi connectivity index (χ2n) is 9.02. The smallest absolute Gasteiger partial charge is 0.410 e. The van der Waals surface area contributed by atoms with E-state index in [-0.39, 0.29) is 17.6 Å². The lowest BCUT2D eigenvalue weighted by Crippen LogP contribution is -2.37. The van der Waals surface area contributed by atoms with E-state index in [2.05, 4.69) is 4.98 Å². The number of aromatic nitrogens is 2. The molecule has 2 aliphatic rings. The molecule has 1 saturated carbocycles. The second kappa shape index (κ2) is 6.01. The molecule has 1 spiro atoms. The molecule has 1 aromatic heterocycles. The topological polar surface area (TPSA) is 67.6 Å². The lowest BCUT2D eigenvalue weighted by atomic mass is 10.0. The molecule has 2 aromatic rings. The molecule has 1 aromatic carbocycles. The third-order valence-electron chi connectivity index (χ3n) is 5.45. The van der Waals surface area contributed by atoms with Crippen molar-refractivity contribution in [1.82, 2.24) is 14.6 Å². The van der Waals surface area contributed by atoms with Crippen LogP contribution < -0.4 is 0 Å². The van der Waals surface area contributed by atoms with Crippen molar-refractivity contribution in [3.05, 3.63) is 41.9 Å². The van der Waals surface area contributed by atoms with Crippen LogP contribution in [0.2, 0.25) is 0 Å². The number of hydrogen-bond acceptors (Lipinski definition) is 4. The van der Waals surface area contributed by atoms with Crippen molar-refractivity contribution >= 4 is 6.09 Å². The molecule has 6 heteroatoms. The van der Waals surface area contributed by atoms with Crippen molar-refractivity contribution in [1.29, 1.82) is 0 Å². The fourth-order valence-electron chi connectivity index (χ4n) is 3.81. The molecule has 1 aliphatic carbocycles. The van der Waals surface area contributed by atoms with Crippen LogP contribution in [0.4, 0.5) is 4.79 Å². The molecule has 2 heterocycles. The summed E-state index contributed by atoms with van der Waals surface area (Å²) >= 11 is 0. The number of hydrogen-bond donors (Lipinski definition) is 1. The van der Waals surface area contributed by atoms with Crippen LogP contribution in [-0.4, -0.2) is 38.1 Å². The minimum absolute atomic E-state index is 0.164. The van der Waals surface area contributed by atoms with Gasteiger partial charge in [0, 0.05) is 12.1 Å². The minimum Gasteiger partial charge on any atom is -0.444 e. The van der Waals surface area contributed by atoms with E-state index in [1.165, 1.54) is 5.56 Å². The van der Waals surface area contributed by atoms with E-state index in [9.17, 15) is 10.0 Å². The maximum atomic E-state index is 12.8. The van der Waals surface area contributed by atoms with E-state index < -0.39 is 5.60 Å². The molecule has 1 amide bonds. The Hall–Kier alpha value is -2.50. The number of rotatable bonds is 2. The van der Waals surface area contributed by atoms with E-state index in [1.807, 2.05) is 52.0 Å². The molecule has 0 bridgehead atoms. The fraction of sp³-hybridized carbons (Fsp3) is 0.524. The Kier molecular flexibility index (Phi) is 3.98. The number of imidazole rings is 1. The lowest BCUT2D eigenvalue weighted by Gasteiger charge is -2.28. The molecule has 0 radical (unpaired) electrons. The first-order valence-electron chi connectivity index (χ1n) is 9.51. The van der Waals surface area contributed by atoms with Crippen LogP contribution >= 0.6 is 0 Å². The first-order chi connectivity index (χ1) is 12.7. The zero-order valence-corrected chi connectivity index (χ0v) is 16.4. The summed E-state index contributed by atoms with van der Waals surface area (Å²) in [6.07, 6.45) is 4.32. The van der Waals surface area contributed by atoms with Gasteiger partial charge in [-0.25, -0.2) is 9.78 Å². The van der Waals surface area contributed by atoms with Gasteiger partial charge in [-0.05, 0) is 52.4 Å². The quantitative estimate of drug-likeness (QED) is 0.788. The first kappa shape index (κ1) is 17.9. The molecular formula is C21H27N3O3. The Morgan fingerprint density at radius 1 is 1.26 bits per heavy atom. The van der Waals surface area contributed by atoms with Crippen molar-refractivity contribution in [2.45, 2.75) is 58.6 Å². The minimum atomic E-state index is -0.553. The Morgan fingerprint density at radius 2 is 1.93 bits per heavy atom. The zero-order valence-electron chi connectivity index (χ0n) is 16.4. The van der Waals surface area contributed by atoms with Crippen molar-refractivity contribution in [2.24, 2.45) is 5.41 Å². The van der Waals surface area contributed by atoms with Gasteiger partial charge in [0.1, 0.15) is 5.60 Å². The highest BCUT2D eigenvalue weighted by Crippen LogP contribution is 2.58. The van der Waals surface area contributed by atoms with Crippen molar-refractivity contribution in [3.8, 4) is 11.3 Å². The molecular weight excluding hydrogens is 342 g/mol. The summed E-state index contributed by atoms with van der Waals surface area (Å²) in [7, 11) is 0. The van der Waals surface area contributed by atoms with Gasteiger partial charge in [0.25, 0.3) is 0 Å². The predicted octanol–water partition coefficient (Wildman–Crippen LogP) is 4.56. The van der Waals surface area contributed by atoms with E-state index in [4.69, 9.17) is 4.74 Å². The summed E-state index contributed by atoms with van der Waals surface area (Å²) in [5.74, 6) is 0.500. The van der Waals surface area contributed by atoms with Crippen LogP contribution in [0, 0.1) is 12.3 Å². The molecule has 0 unspecified atom stereocenters. The number of amides is 1. The van der Waals surface area contributed by atoms with Crippen LogP contribution in [0.1, 0.15) is 57.5 Å². The van der Waals surface area contributed by atoms with Crippen molar-refractivity contribution in [3.63, 3.8) is 0 Å². The summed E-state index contributed by atoms with van der Waals surface area (Å²) < 4.78 is 6.68. The van der Waals surface area contributed by atoms with Gasteiger partial charge in [0.15, 0.2) is 5.82 Å². The number of ether oxygens (including phenoxy) is 1. The molecule has 2 fully saturated rings. The third-order valence-corrected chi connectivity index (χ3v) is 5.45. The lowest BCUT2D eigenvalue weighted by molar-refractivity contribution is 0.0194. The summed E-state index contributed by atoms with van der Waals surface area (Å²) in [4.78, 5) is 19.2. The van der Waals surface area contributed by atoms with Gasteiger partial charge < -0.3 is 9.94 Å². The second-order valence-corrected chi connectivity index (χ2v) is 9.02. The summed E-state index contributed by atoms with van der Waals surface area (Å²) in [5, 5.41) is 10.5. The number of nitrogens with zero attached hydrogens (tertiary/aromatic N) is 3. The molecule has 1 N–H and O–H groups in total. The summed E-state index contributed by atoms with van der Waals surface area (Å²) in [5.41, 5.74) is 2.43. The Bertz CT molecular complexity index is 860. The number of carbonyl (C=O) groups excluding carboxylic acids is 1. The van der Waals surface area contributed by atoms with Gasteiger partial charge in [0.05, 0.1) is 17.9 Å². The molecule has 4 rings (SSSR count). The van der Waals surface area contributed by atoms with Crippen LogP contribution in [0.3, 0.4) is 0 Å². The highest BCUT2D eigenvalue weighted by atomic mass is 16.6. The number of benzene rings is 1. The highest BCUT2D eigenvalue weighted by molar-refractivity contribution is 5.69. The van der Waals surface area contributed by atoms with Gasteiger partial charge in [-0.2, -0.15) is 4.73 Å². The van der Waals surface area contributed by atoms with E-state index in [1.54, 1.807) is 11.1 Å². The van der Waals surface area contributed by atoms with Crippen molar-refractivity contribution in [2.75, 3.05) is 6.54 Å². The van der Waals surface area contributed by atoms with Gasteiger partial charge in [0.2, 0.25) is 0 Å². The van der Waals surface area contributed by atoms with Crippen molar-refractivity contribution < 1.29 is 14.7 Å². The number of likely N-dealkylation sites (tertiary alicyclic amines) is 1. The number of aryl methyl sites for hydroxylation is 1. The molecule has 27 heavy (non-hydrogen) atoms. The zero-order chi connectivity index (χ0) is 19.4. The van der Waals surface area contributed by atoms with E-state index in [0.717, 1.165) is 29.6 Å². The molecule has 144 valence electrons.